The van der Waals surface area contributed by atoms with Crippen molar-refractivity contribution in [3.05, 3.63) is 12.7 Å². The Morgan fingerprint density at radius 1 is 2.00 bits per heavy atom. The first kappa shape index (κ1) is 6.29. The van der Waals surface area contributed by atoms with Crippen molar-refractivity contribution in [3.8, 4) is 0 Å². The van der Waals surface area contributed by atoms with Crippen LogP contribution in [-0.4, -0.2) is 16.6 Å². The number of carboxylic acid groups (broad SMARTS) is 1. The minimum atomic E-state index is -0.984. The Hall–Kier alpha value is -0.830. The highest BCUT2D eigenvalue weighted by Gasteiger charge is 2.55. The Morgan fingerprint density at radius 2 is 2.56 bits per heavy atom. The second-order valence-electron chi connectivity index (χ2n) is 2.39. The largest absolute Gasteiger partial charge is 0.480 e. The van der Waals surface area contributed by atoms with Crippen molar-refractivity contribution >= 4 is 5.97 Å². The molecule has 2 atom stereocenters. The number of carbonyl (C=O) groups is 1. The van der Waals surface area contributed by atoms with Crippen LogP contribution in [0.15, 0.2) is 12.7 Å². The van der Waals surface area contributed by atoms with Crippen molar-refractivity contribution in [1.82, 2.24) is 0 Å². The molecule has 9 heavy (non-hydrogen) atoms. The lowest BCUT2D eigenvalue weighted by molar-refractivity contribution is -0.139. The maximum Gasteiger partial charge on any atom is 0.324 e. The number of hydrogen-bond donors (Lipinski definition) is 2. The first-order chi connectivity index (χ1) is 4.11. The van der Waals surface area contributed by atoms with E-state index in [1.807, 2.05) is 0 Å². The van der Waals surface area contributed by atoms with E-state index in [0.717, 1.165) is 0 Å². The normalized spacial score (nSPS) is 39.9. The first-order valence-electron chi connectivity index (χ1n) is 2.76. The summed E-state index contributed by atoms with van der Waals surface area (Å²) in [5, 5.41) is 8.44. The smallest absolute Gasteiger partial charge is 0.324 e. The predicted octanol–water partition coefficient (Wildman–Crippen LogP) is -0.0256. The van der Waals surface area contributed by atoms with Crippen LogP contribution < -0.4 is 5.73 Å². The summed E-state index contributed by atoms with van der Waals surface area (Å²) in [4.78, 5) is 10.3. The molecule has 3 heteroatoms. The van der Waals surface area contributed by atoms with Crippen molar-refractivity contribution in [2.24, 2.45) is 11.7 Å². The maximum absolute atomic E-state index is 10.3. The zero-order chi connectivity index (χ0) is 7.07. The minimum absolute atomic E-state index is 0.0185. The van der Waals surface area contributed by atoms with Gasteiger partial charge in [0.05, 0.1) is 0 Å². The van der Waals surface area contributed by atoms with E-state index < -0.39 is 11.5 Å². The van der Waals surface area contributed by atoms with Crippen LogP contribution in [0.25, 0.3) is 0 Å². The van der Waals surface area contributed by atoms with Gasteiger partial charge in [-0.3, -0.25) is 4.79 Å². The van der Waals surface area contributed by atoms with E-state index in [-0.39, 0.29) is 5.92 Å². The van der Waals surface area contributed by atoms with Gasteiger partial charge in [0, 0.05) is 5.92 Å². The molecule has 0 saturated heterocycles. The van der Waals surface area contributed by atoms with Crippen molar-refractivity contribution in [1.29, 1.82) is 0 Å². The van der Waals surface area contributed by atoms with Crippen molar-refractivity contribution in [3.63, 3.8) is 0 Å². The van der Waals surface area contributed by atoms with Crippen LogP contribution in [0.3, 0.4) is 0 Å². The molecule has 0 heterocycles. The molecule has 0 aromatic carbocycles. The number of rotatable bonds is 2. The second-order valence-corrected chi connectivity index (χ2v) is 2.39. The van der Waals surface area contributed by atoms with Gasteiger partial charge in [-0.15, -0.1) is 6.58 Å². The molecule has 0 aromatic heterocycles. The molecule has 1 rings (SSSR count). The van der Waals surface area contributed by atoms with Crippen molar-refractivity contribution < 1.29 is 9.90 Å². The average Bonchev–Trinajstić information content (AvgIpc) is 2.44. The van der Waals surface area contributed by atoms with Gasteiger partial charge in [-0.25, -0.2) is 0 Å². The van der Waals surface area contributed by atoms with Crippen LogP contribution in [0.2, 0.25) is 0 Å². The van der Waals surface area contributed by atoms with Crippen LogP contribution in [0, 0.1) is 5.92 Å². The molecule has 0 aromatic rings. The van der Waals surface area contributed by atoms with Crippen molar-refractivity contribution in [2.75, 3.05) is 0 Å². The van der Waals surface area contributed by atoms with Gasteiger partial charge in [0.2, 0.25) is 0 Å². The highest BCUT2D eigenvalue weighted by Crippen LogP contribution is 2.41. The zero-order valence-corrected chi connectivity index (χ0v) is 5.00. The molecule has 0 amide bonds. The molecule has 1 aliphatic rings. The molecule has 0 bridgehead atoms. The third-order valence-electron chi connectivity index (χ3n) is 1.74. The molecule has 1 aliphatic carbocycles. The van der Waals surface area contributed by atoms with E-state index in [1.54, 1.807) is 6.08 Å². The van der Waals surface area contributed by atoms with Gasteiger partial charge in [-0.2, -0.15) is 0 Å². The van der Waals surface area contributed by atoms with E-state index in [1.165, 1.54) is 0 Å². The van der Waals surface area contributed by atoms with Crippen LogP contribution in [0.4, 0.5) is 0 Å². The molecule has 1 unspecified atom stereocenters. The van der Waals surface area contributed by atoms with Gasteiger partial charge in [-0.1, -0.05) is 6.08 Å². The number of carboxylic acids is 1. The Kier molecular flexibility index (Phi) is 1.10. The summed E-state index contributed by atoms with van der Waals surface area (Å²) in [6, 6.07) is 0. The van der Waals surface area contributed by atoms with E-state index in [0.29, 0.717) is 6.42 Å². The highest BCUT2D eigenvalue weighted by molar-refractivity contribution is 5.83. The summed E-state index contributed by atoms with van der Waals surface area (Å²) in [5.74, 6) is -0.942. The fourth-order valence-electron chi connectivity index (χ4n) is 0.845. The van der Waals surface area contributed by atoms with Gasteiger partial charge in [0.25, 0.3) is 0 Å². The van der Waals surface area contributed by atoms with E-state index in [4.69, 9.17) is 10.8 Å². The molecule has 1 fully saturated rings. The van der Waals surface area contributed by atoms with Gasteiger partial charge >= 0.3 is 5.97 Å². The molecule has 0 radical (unpaired) electrons. The Balaban J connectivity index is 2.62. The third kappa shape index (κ3) is 0.733. The van der Waals surface area contributed by atoms with Crippen molar-refractivity contribution in [2.45, 2.75) is 12.0 Å². The van der Waals surface area contributed by atoms with Crippen LogP contribution >= 0.6 is 0 Å². The summed E-state index contributed by atoms with van der Waals surface area (Å²) in [5.41, 5.74) is 4.39. The molecular weight excluding hydrogens is 118 g/mol. The van der Waals surface area contributed by atoms with Gasteiger partial charge in [0.15, 0.2) is 0 Å². The molecule has 0 aliphatic heterocycles. The Labute approximate surface area is 53.2 Å². The summed E-state index contributed by atoms with van der Waals surface area (Å²) in [6.45, 7) is 3.46. The maximum atomic E-state index is 10.3. The Bertz CT molecular complexity index is 166. The van der Waals surface area contributed by atoms with E-state index in [2.05, 4.69) is 6.58 Å². The fraction of sp³-hybridized carbons (Fsp3) is 0.500. The monoisotopic (exact) mass is 127 g/mol. The Morgan fingerprint density at radius 3 is 2.67 bits per heavy atom. The SMILES string of the molecule is C=CC1C[C@@]1(N)C(=O)O. The number of nitrogens with two attached hydrogens (primary N) is 1. The highest BCUT2D eigenvalue weighted by atomic mass is 16.4. The van der Waals surface area contributed by atoms with E-state index >= 15 is 0 Å². The average molecular weight is 127 g/mol. The predicted molar refractivity (Wildman–Crippen MR) is 32.9 cm³/mol. The molecular formula is C6H9NO2. The second kappa shape index (κ2) is 1.57. The third-order valence-corrected chi connectivity index (χ3v) is 1.74. The van der Waals surface area contributed by atoms with Gasteiger partial charge in [0.1, 0.15) is 5.54 Å². The lowest BCUT2D eigenvalue weighted by Gasteiger charge is -1.99. The number of aliphatic carboxylic acids is 1. The standard InChI is InChI=1S/C6H9NO2/c1-2-4-3-6(4,7)5(8)9/h2,4H,1,3,7H2,(H,8,9)/t4?,6-/m0/s1. The van der Waals surface area contributed by atoms with E-state index in [9.17, 15) is 4.79 Å². The molecule has 1 saturated carbocycles. The molecule has 3 N–H and O–H groups in total. The lowest BCUT2D eigenvalue weighted by Crippen LogP contribution is -2.34. The summed E-state index contributed by atoms with van der Waals surface area (Å²) < 4.78 is 0. The summed E-state index contributed by atoms with van der Waals surface area (Å²) in [7, 11) is 0. The van der Waals surface area contributed by atoms with Crippen LogP contribution in [0.1, 0.15) is 6.42 Å². The molecule has 3 nitrogen and oxygen atoms in total. The first-order valence-corrected chi connectivity index (χ1v) is 2.76. The topological polar surface area (TPSA) is 63.3 Å². The van der Waals surface area contributed by atoms with Gasteiger partial charge < -0.3 is 10.8 Å². The molecule has 50 valence electrons. The molecule has 0 spiro atoms. The number of hydrogen-bond acceptors (Lipinski definition) is 2. The lowest BCUT2D eigenvalue weighted by atomic mass is 10.2. The summed E-state index contributed by atoms with van der Waals surface area (Å²) >= 11 is 0. The zero-order valence-electron chi connectivity index (χ0n) is 5.00. The minimum Gasteiger partial charge on any atom is -0.480 e. The van der Waals surface area contributed by atoms with Crippen LogP contribution in [0.5, 0.6) is 0 Å². The van der Waals surface area contributed by atoms with Gasteiger partial charge in [-0.05, 0) is 6.42 Å². The summed E-state index contributed by atoms with van der Waals surface area (Å²) in [6.07, 6.45) is 2.12. The van der Waals surface area contributed by atoms with Crippen LogP contribution in [-0.2, 0) is 4.79 Å². The quantitative estimate of drug-likeness (QED) is 0.512. The fourth-order valence-corrected chi connectivity index (χ4v) is 0.845.